The van der Waals surface area contributed by atoms with E-state index in [1.807, 2.05) is 30.3 Å². The van der Waals surface area contributed by atoms with E-state index < -0.39 is 24.2 Å². The van der Waals surface area contributed by atoms with Crippen LogP contribution in [0.4, 0.5) is 18.9 Å². The molecule has 1 atom stereocenters. The number of carboxylic acids is 2. The Morgan fingerprint density at radius 1 is 0.976 bits per heavy atom. The third-order valence-corrected chi connectivity index (χ3v) is 6.83. The summed E-state index contributed by atoms with van der Waals surface area (Å²) in [5.74, 6) is -3.87. The zero-order chi connectivity index (χ0) is 30.2. The van der Waals surface area contributed by atoms with Crippen LogP contribution in [0.5, 0.6) is 0 Å². The summed E-state index contributed by atoms with van der Waals surface area (Å²) in [6.45, 7) is 0.645. The highest BCUT2D eigenvalue weighted by molar-refractivity contribution is 6.00. The number of aliphatic carboxylic acids is 1. The van der Waals surface area contributed by atoms with Crippen molar-refractivity contribution in [1.29, 1.82) is 0 Å². The summed E-state index contributed by atoms with van der Waals surface area (Å²) in [7, 11) is 0. The zero-order valence-corrected chi connectivity index (χ0v) is 21.9. The van der Waals surface area contributed by atoms with Crippen LogP contribution < -0.4 is 16.4 Å². The Labute approximate surface area is 233 Å². The van der Waals surface area contributed by atoms with Crippen molar-refractivity contribution in [3.8, 4) is 0 Å². The first-order valence-electron chi connectivity index (χ1n) is 12.9. The fourth-order valence-corrected chi connectivity index (χ4v) is 4.56. The van der Waals surface area contributed by atoms with E-state index in [0.717, 1.165) is 36.6 Å². The number of benzene rings is 2. The maximum absolute atomic E-state index is 13.2. The SMILES string of the molecule is NCC1CCC(C(=O)N[C@H](Cc2ccccc2)C(=O)Nc2ccc3cc(C(=O)O)[nH]c3c2)CC1.O=C(O)C(F)(F)F. The Morgan fingerprint density at radius 2 is 1.61 bits per heavy atom. The van der Waals surface area contributed by atoms with Crippen LogP contribution in [-0.2, 0) is 20.8 Å². The number of halogens is 3. The smallest absolute Gasteiger partial charge is 0.477 e. The average Bonchev–Trinajstić information content (AvgIpc) is 3.37. The van der Waals surface area contributed by atoms with Crippen molar-refractivity contribution in [2.75, 3.05) is 11.9 Å². The first-order chi connectivity index (χ1) is 19.4. The molecule has 7 N–H and O–H groups in total. The second kappa shape index (κ2) is 13.8. The molecule has 41 heavy (non-hydrogen) atoms. The van der Waals surface area contributed by atoms with Crippen molar-refractivity contribution in [2.45, 2.75) is 44.3 Å². The number of aromatic amines is 1. The number of carboxylic acid groups (broad SMARTS) is 2. The molecule has 1 saturated carbocycles. The summed E-state index contributed by atoms with van der Waals surface area (Å²) in [5.41, 5.74) is 7.92. The van der Waals surface area contributed by atoms with Crippen molar-refractivity contribution in [3.05, 3.63) is 65.9 Å². The van der Waals surface area contributed by atoms with E-state index in [1.165, 1.54) is 0 Å². The minimum atomic E-state index is -5.08. The van der Waals surface area contributed by atoms with Gasteiger partial charge in [-0.05, 0) is 61.9 Å². The predicted molar refractivity (Wildman–Crippen MR) is 144 cm³/mol. The summed E-state index contributed by atoms with van der Waals surface area (Å²) in [6.07, 6.45) is -1.30. The fraction of sp³-hybridized carbons (Fsp3) is 0.357. The number of amides is 2. The number of hydrogen-bond acceptors (Lipinski definition) is 5. The normalized spacial score (nSPS) is 17.6. The van der Waals surface area contributed by atoms with Gasteiger partial charge in [-0.3, -0.25) is 9.59 Å². The largest absolute Gasteiger partial charge is 0.490 e. The summed E-state index contributed by atoms with van der Waals surface area (Å²) in [5, 5.41) is 22.9. The number of hydrogen-bond donors (Lipinski definition) is 6. The highest BCUT2D eigenvalue weighted by Gasteiger charge is 2.38. The molecule has 1 aliphatic carbocycles. The van der Waals surface area contributed by atoms with Gasteiger partial charge in [-0.2, -0.15) is 13.2 Å². The van der Waals surface area contributed by atoms with Crippen LogP contribution in [-0.4, -0.2) is 57.7 Å². The van der Waals surface area contributed by atoms with E-state index >= 15 is 0 Å². The topological polar surface area (TPSA) is 175 Å². The quantitative estimate of drug-likeness (QED) is 0.236. The lowest BCUT2D eigenvalue weighted by molar-refractivity contribution is -0.192. The molecule has 1 aliphatic rings. The van der Waals surface area contributed by atoms with Crippen molar-refractivity contribution in [2.24, 2.45) is 17.6 Å². The molecule has 220 valence electrons. The van der Waals surface area contributed by atoms with Gasteiger partial charge in [-0.25, -0.2) is 9.59 Å². The number of anilines is 1. The molecule has 0 saturated heterocycles. The second-order valence-corrected chi connectivity index (χ2v) is 9.79. The van der Waals surface area contributed by atoms with Crippen LogP contribution in [0.15, 0.2) is 54.6 Å². The number of nitrogens with two attached hydrogens (primary N) is 1. The number of aromatic nitrogens is 1. The standard InChI is InChI=1S/C26H30N4O4.C2HF3O2/c27-15-17-6-8-18(9-7-17)24(31)30-22(12-16-4-2-1-3-5-16)25(32)28-20-11-10-19-13-23(26(33)34)29-21(19)14-20;3-2(4,5)1(6)7/h1-5,10-11,13-14,17-18,22,29H,6-9,12,15,27H2,(H,28,32)(H,30,31)(H,33,34);(H,6,7)/t17?,18?,22-;/m1./s1. The fourth-order valence-electron chi connectivity index (χ4n) is 4.56. The van der Waals surface area contributed by atoms with Gasteiger partial charge in [0.25, 0.3) is 0 Å². The van der Waals surface area contributed by atoms with Gasteiger partial charge in [-0.15, -0.1) is 0 Å². The molecular weight excluding hydrogens is 545 g/mol. The number of alkyl halides is 3. The molecule has 1 heterocycles. The maximum atomic E-state index is 13.2. The van der Waals surface area contributed by atoms with Gasteiger partial charge in [-0.1, -0.05) is 36.4 Å². The number of rotatable bonds is 8. The van der Waals surface area contributed by atoms with Crippen molar-refractivity contribution >= 4 is 40.3 Å². The monoisotopic (exact) mass is 576 g/mol. The van der Waals surface area contributed by atoms with Gasteiger partial charge in [0.05, 0.1) is 0 Å². The van der Waals surface area contributed by atoms with E-state index in [2.05, 4.69) is 15.6 Å². The molecule has 2 amide bonds. The Balaban J connectivity index is 0.000000587. The zero-order valence-electron chi connectivity index (χ0n) is 21.9. The average molecular weight is 577 g/mol. The van der Waals surface area contributed by atoms with Gasteiger partial charge in [0.2, 0.25) is 11.8 Å². The Bertz CT molecular complexity index is 1370. The van der Waals surface area contributed by atoms with Crippen LogP contribution >= 0.6 is 0 Å². The van der Waals surface area contributed by atoms with Crippen LogP contribution in [0.2, 0.25) is 0 Å². The minimum Gasteiger partial charge on any atom is -0.477 e. The van der Waals surface area contributed by atoms with E-state index in [1.54, 1.807) is 24.3 Å². The molecular formula is C28H31F3N4O6. The molecule has 4 rings (SSSR count). The van der Waals surface area contributed by atoms with E-state index in [4.69, 9.17) is 15.6 Å². The number of carbonyl (C=O) groups excluding carboxylic acids is 2. The summed E-state index contributed by atoms with van der Waals surface area (Å²) >= 11 is 0. The number of fused-ring (bicyclic) bond motifs is 1. The molecule has 1 fully saturated rings. The molecule has 1 aromatic heterocycles. The van der Waals surface area contributed by atoms with Crippen molar-refractivity contribution < 1.29 is 42.6 Å². The Hall–Kier alpha value is -4.39. The lowest BCUT2D eigenvalue weighted by Crippen LogP contribution is -2.48. The summed E-state index contributed by atoms with van der Waals surface area (Å²) in [4.78, 5) is 49.2. The third kappa shape index (κ3) is 9.07. The maximum Gasteiger partial charge on any atom is 0.490 e. The Morgan fingerprint density at radius 3 is 2.17 bits per heavy atom. The van der Waals surface area contributed by atoms with Gasteiger partial charge in [0.1, 0.15) is 11.7 Å². The molecule has 3 aromatic rings. The Kier molecular flexibility index (Phi) is 10.5. The number of aromatic carboxylic acids is 1. The molecule has 0 radical (unpaired) electrons. The lowest BCUT2D eigenvalue weighted by atomic mass is 9.81. The van der Waals surface area contributed by atoms with Crippen molar-refractivity contribution in [1.82, 2.24) is 10.3 Å². The number of carbonyl (C=O) groups is 4. The minimum absolute atomic E-state index is 0.0806. The molecule has 0 aliphatic heterocycles. The third-order valence-electron chi connectivity index (χ3n) is 6.83. The van der Waals surface area contributed by atoms with Crippen molar-refractivity contribution in [3.63, 3.8) is 0 Å². The first kappa shape index (κ1) is 31.1. The number of nitrogens with one attached hydrogen (secondary N) is 3. The molecule has 0 bridgehead atoms. The highest BCUT2D eigenvalue weighted by atomic mass is 19.4. The summed E-state index contributed by atoms with van der Waals surface area (Å²) < 4.78 is 31.7. The molecule has 10 nitrogen and oxygen atoms in total. The van der Waals surface area contributed by atoms with Crippen LogP contribution in [0.25, 0.3) is 10.9 Å². The van der Waals surface area contributed by atoms with Gasteiger partial charge < -0.3 is 31.6 Å². The lowest BCUT2D eigenvalue weighted by Gasteiger charge is -2.28. The van der Waals surface area contributed by atoms with Gasteiger partial charge >= 0.3 is 18.1 Å². The van der Waals surface area contributed by atoms with Crippen LogP contribution in [0, 0.1) is 11.8 Å². The molecule has 0 unspecified atom stereocenters. The molecule has 13 heteroatoms. The van der Waals surface area contributed by atoms with Gasteiger partial charge in [0.15, 0.2) is 0 Å². The molecule has 0 spiro atoms. The van der Waals surface area contributed by atoms with E-state index in [9.17, 15) is 32.7 Å². The van der Waals surface area contributed by atoms with Gasteiger partial charge in [0, 0.05) is 28.9 Å². The second-order valence-electron chi connectivity index (χ2n) is 9.79. The predicted octanol–water partition coefficient (Wildman–Crippen LogP) is 3.93. The first-order valence-corrected chi connectivity index (χ1v) is 12.9. The molecule has 2 aromatic carbocycles. The summed E-state index contributed by atoms with van der Waals surface area (Å²) in [6, 6.07) is 15.5. The number of H-pyrrole nitrogens is 1. The van der Waals surface area contributed by atoms with E-state index in [-0.39, 0.29) is 23.4 Å². The highest BCUT2D eigenvalue weighted by Crippen LogP contribution is 2.28. The van der Waals surface area contributed by atoms with Crippen LogP contribution in [0.3, 0.4) is 0 Å². The van der Waals surface area contributed by atoms with E-state index in [0.29, 0.717) is 30.1 Å². The van der Waals surface area contributed by atoms with Crippen LogP contribution in [0.1, 0.15) is 41.7 Å².